The van der Waals surface area contributed by atoms with E-state index in [1.807, 2.05) is 0 Å². The maximum atomic E-state index is 13.4. The molecule has 0 amide bonds. The molecule has 14 heteroatoms. The first kappa shape index (κ1) is 23.9. The lowest BCUT2D eigenvalue weighted by atomic mass is 9.89. The van der Waals surface area contributed by atoms with Crippen molar-refractivity contribution in [1.29, 1.82) is 0 Å². The Hall–Kier alpha value is -3.23. The highest BCUT2D eigenvalue weighted by molar-refractivity contribution is 7.89. The molecule has 3 heterocycles. The number of hydrogen-bond acceptors (Lipinski definition) is 8. The second kappa shape index (κ2) is 8.21. The molecule has 1 aromatic carbocycles. The minimum atomic E-state index is -5.38. The molecule has 2 N–H and O–H groups in total. The van der Waals surface area contributed by atoms with Gasteiger partial charge in [-0.3, -0.25) is 4.40 Å². The Morgan fingerprint density at radius 2 is 2.03 bits per heavy atom. The highest BCUT2D eigenvalue weighted by Crippen LogP contribution is 2.33. The van der Waals surface area contributed by atoms with E-state index in [1.54, 1.807) is 24.4 Å². The van der Waals surface area contributed by atoms with Gasteiger partial charge in [-0.05, 0) is 29.1 Å². The minimum absolute atomic E-state index is 0.0796. The minimum Gasteiger partial charge on any atom is -0.381 e. The number of imidazole rings is 1. The summed E-state index contributed by atoms with van der Waals surface area (Å²) in [6.45, 7) is 3.01. The van der Waals surface area contributed by atoms with Crippen molar-refractivity contribution in [2.24, 2.45) is 5.41 Å². The third-order valence-electron chi connectivity index (χ3n) is 5.33. The molecule has 0 bridgehead atoms. The first-order chi connectivity index (χ1) is 15.8. The number of nitrogens with two attached hydrogens (primary N) is 1. The van der Waals surface area contributed by atoms with Crippen LogP contribution in [0.4, 0.5) is 19.0 Å². The van der Waals surface area contributed by atoms with Crippen LogP contribution in [0.15, 0.2) is 41.7 Å². The highest BCUT2D eigenvalue weighted by Gasteiger charge is 2.47. The van der Waals surface area contributed by atoms with Crippen molar-refractivity contribution in [1.82, 2.24) is 18.8 Å². The highest BCUT2D eigenvalue weighted by atomic mass is 32.2. The van der Waals surface area contributed by atoms with Crippen molar-refractivity contribution < 1.29 is 36.0 Å². The van der Waals surface area contributed by atoms with Gasteiger partial charge >= 0.3 is 12.1 Å². The second-order valence-electron chi connectivity index (χ2n) is 8.27. The van der Waals surface area contributed by atoms with Crippen LogP contribution in [0, 0.1) is 12.3 Å². The number of anilines is 1. The fourth-order valence-corrected chi connectivity index (χ4v) is 4.85. The monoisotopic (exact) mass is 499 g/mol. The van der Waals surface area contributed by atoms with Gasteiger partial charge in [0.2, 0.25) is 0 Å². The van der Waals surface area contributed by atoms with E-state index in [9.17, 15) is 26.4 Å². The SMILES string of the molecule is Cc1ccc(S(=O)(=O)N(CC2(C)COC2)OC(=O)C(F)(F)F)cc1-c1cnc2c(N)nccn12. The first-order valence-electron chi connectivity index (χ1n) is 9.90. The number of rotatable bonds is 6. The topological polar surface area (TPSA) is 129 Å². The number of nitrogens with zero attached hydrogens (tertiary/aromatic N) is 4. The quantitative estimate of drug-likeness (QED) is 0.512. The maximum absolute atomic E-state index is 13.4. The molecule has 1 aliphatic rings. The van der Waals surface area contributed by atoms with Gasteiger partial charge in [0, 0.05) is 23.4 Å². The number of sulfonamides is 1. The number of nitrogen functional groups attached to an aromatic ring is 1. The Labute approximate surface area is 192 Å². The van der Waals surface area contributed by atoms with E-state index in [2.05, 4.69) is 14.8 Å². The van der Waals surface area contributed by atoms with Crippen molar-refractivity contribution in [3.8, 4) is 11.3 Å². The van der Waals surface area contributed by atoms with E-state index in [0.29, 0.717) is 22.5 Å². The third-order valence-corrected chi connectivity index (χ3v) is 6.92. The average Bonchev–Trinajstić information content (AvgIpc) is 3.16. The molecular weight excluding hydrogens is 479 g/mol. The molecule has 0 radical (unpaired) electrons. The lowest BCUT2D eigenvalue weighted by Crippen LogP contribution is -2.51. The van der Waals surface area contributed by atoms with Crippen LogP contribution < -0.4 is 5.73 Å². The number of ether oxygens (including phenoxy) is 1. The van der Waals surface area contributed by atoms with Crippen molar-refractivity contribution in [3.05, 3.63) is 42.4 Å². The molecule has 182 valence electrons. The number of benzene rings is 1. The van der Waals surface area contributed by atoms with Gasteiger partial charge in [0.15, 0.2) is 11.5 Å². The standard InChI is InChI=1S/C20H20F3N5O5S/c1-12-3-4-13(7-14(12)15-8-26-17-16(24)25-5-6-27(15)17)34(30,31)28(9-19(2)10-32-11-19)33-18(29)20(21,22)23/h3-8H,9-11H2,1-2H3,(H2,24,25). The molecule has 34 heavy (non-hydrogen) atoms. The molecule has 3 aromatic rings. The molecule has 0 unspecified atom stereocenters. The number of alkyl halides is 3. The van der Waals surface area contributed by atoms with Crippen LogP contribution in [-0.2, 0) is 24.4 Å². The summed E-state index contributed by atoms with van der Waals surface area (Å²) in [4.78, 5) is 23.6. The average molecular weight is 499 g/mol. The number of aryl methyl sites for hydroxylation is 1. The Morgan fingerprint density at radius 1 is 1.32 bits per heavy atom. The van der Waals surface area contributed by atoms with Crippen LogP contribution in [0.3, 0.4) is 0 Å². The van der Waals surface area contributed by atoms with Gasteiger partial charge in [-0.1, -0.05) is 13.0 Å². The zero-order chi connectivity index (χ0) is 24.9. The molecule has 0 aliphatic carbocycles. The summed E-state index contributed by atoms with van der Waals surface area (Å²) in [5.41, 5.74) is 6.94. The fraction of sp³-hybridized carbons (Fsp3) is 0.350. The summed E-state index contributed by atoms with van der Waals surface area (Å²) < 4.78 is 72.0. The zero-order valence-corrected chi connectivity index (χ0v) is 18.9. The van der Waals surface area contributed by atoms with Crippen LogP contribution >= 0.6 is 0 Å². The fourth-order valence-electron chi connectivity index (χ4n) is 3.46. The van der Waals surface area contributed by atoms with Crippen molar-refractivity contribution in [2.45, 2.75) is 24.9 Å². The van der Waals surface area contributed by atoms with Crippen molar-refractivity contribution in [2.75, 3.05) is 25.5 Å². The summed E-state index contributed by atoms with van der Waals surface area (Å²) >= 11 is 0. The number of carbonyl (C=O) groups is 1. The summed E-state index contributed by atoms with van der Waals surface area (Å²) in [5, 5.41) is 0. The first-order valence-corrected chi connectivity index (χ1v) is 11.3. The molecule has 1 aliphatic heterocycles. The smallest absolute Gasteiger partial charge is 0.381 e. The molecule has 0 atom stereocenters. The van der Waals surface area contributed by atoms with Gasteiger partial charge in [-0.15, -0.1) is 0 Å². The molecule has 2 aromatic heterocycles. The number of aromatic nitrogens is 3. The van der Waals surface area contributed by atoms with Crippen LogP contribution in [0.1, 0.15) is 12.5 Å². The van der Waals surface area contributed by atoms with E-state index in [1.165, 1.54) is 30.6 Å². The molecule has 4 rings (SSSR count). The number of hydrogen-bond donors (Lipinski definition) is 1. The lowest BCUT2D eigenvalue weighted by Gasteiger charge is -2.40. The summed E-state index contributed by atoms with van der Waals surface area (Å²) in [7, 11) is -4.69. The zero-order valence-electron chi connectivity index (χ0n) is 18.0. The maximum Gasteiger partial charge on any atom is 0.492 e. The Kier molecular flexibility index (Phi) is 5.78. The molecule has 1 saturated heterocycles. The van der Waals surface area contributed by atoms with E-state index < -0.39 is 34.1 Å². The number of hydroxylamine groups is 1. The van der Waals surface area contributed by atoms with E-state index >= 15 is 0 Å². The Bertz CT molecular complexity index is 1370. The molecule has 0 saturated carbocycles. The summed E-state index contributed by atoms with van der Waals surface area (Å²) in [6.07, 6.45) is -0.874. The van der Waals surface area contributed by atoms with Crippen molar-refractivity contribution >= 4 is 27.5 Å². The van der Waals surface area contributed by atoms with Crippen LogP contribution in [0.2, 0.25) is 0 Å². The number of fused-ring (bicyclic) bond motifs is 1. The van der Waals surface area contributed by atoms with E-state index in [4.69, 9.17) is 10.5 Å². The normalized spacial score (nSPS) is 15.9. The van der Waals surface area contributed by atoms with Gasteiger partial charge in [-0.2, -0.15) is 13.2 Å². The van der Waals surface area contributed by atoms with Gasteiger partial charge in [-0.25, -0.2) is 23.2 Å². The van der Waals surface area contributed by atoms with Gasteiger partial charge in [0.25, 0.3) is 10.0 Å². The number of carbonyl (C=O) groups excluding carboxylic acids is 1. The van der Waals surface area contributed by atoms with Crippen LogP contribution in [0.25, 0.3) is 16.9 Å². The predicted molar refractivity (Wildman–Crippen MR) is 113 cm³/mol. The van der Waals surface area contributed by atoms with Gasteiger partial charge < -0.3 is 15.3 Å². The van der Waals surface area contributed by atoms with Crippen LogP contribution in [0.5, 0.6) is 0 Å². The van der Waals surface area contributed by atoms with E-state index in [0.717, 1.165) is 0 Å². The molecule has 0 spiro atoms. The van der Waals surface area contributed by atoms with Gasteiger partial charge in [0.05, 0.1) is 36.5 Å². The third kappa shape index (κ3) is 4.31. The predicted octanol–water partition coefficient (Wildman–Crippen LogP) is 2.33. The largest absolute Gasteiger partial charge is 0.492 e. The Morgan fingerprint density at radius 3 is 2.65 bits per heavy atom. The molecular formula is C20H20F3N5O5S. The molecule has 10 nitrogen and oxygen atoms in total. The van der Waals surface area contributed by atoms with Crippen molar-refractivity contribution in [3.63, 3.8) is 0 Å². The van der Waals surface area contributed by atoms with Crippen LogP contribution in [-0.4, -0.2) is 59.2 Å². The van der Waals surface area contributed by atoms with E-state index in [-0.39, 0.29) is 28.4 Å². The molecule has 1 fully saturated rings. The lowest BCUT2D eigenvalue weighted by molar-refractivity contribution is -0.230. The summed E-state index contributed by atoms with van der Waals surface area (Å²) in [6, 6.07) is 3.99. The summed E-state index contributed by atoms with van der Waals surface area (Å²) in [5.74, 6) is -2.48. The Balaban J connectivity index is 1.77. The second-order valence-corrected chi connectivity index (χ2v) is 10.1. The van der Waals surface area contributed by atoms with Gasteiger partial charge in [0.1, 0.15) is 0 Å². The number of halogens is 3.